The van der Waals surface area contributed by atoms with Gasteiger partial charge in [0.05, 0.1) is 12.1 Å². The van der Waals surface area contributed by atoms with E-state index in [2.05, 4.69) is 75.6 Å². The number of anilines is 1. The predicted octanol–water partition coefficient (Wildman–Crippen LogP) is 4.84. The average Bonchev–Trinajstić information content (AvgIpc) is 2.83. The fourth-order valence-corrected chi connectivity index (χ4v) is 4.53. The quantitative estimate of drug-likeness (QED) is 0.394. The van der Waals surface area contributed by atoms with Crippen molar-refractivity contribution < 1.29 is 4.79 Å². The van der Waals surface area contributed by atoms with Crippen LogP contribution < -0.4 is 11.1 Å². The summed E-state index contributed by atoms with van der Waals surface area (Å²) < 4.78 is 0. The summed E-state index contributed by atoms with van der Waals surface area (Å²) >= 11 is 0. The van der Waals surface area contributed by atoms with E-state index >= 15 is 0 Å². The lowest BCUT2D eigenvalue weighted by Crippen LogP contribution is -2.33. The van der Waals surface area contributed by atoms with Gasteiger partial charge in [-0.15, -0.1) is 0 Å². The Kier molecular flexibility index (Phi) is 7.70. The van der Waals surface area contributed by atoms with Crippen molar-refractivity contribution in [1.29, 1.82) is 0 Å². The van der Waals surface area contributed by atoms with Gasteiger partial charge in [0.15, 0.2) is 0 Å². The first-order valence-corrected chi connectivity index (χ1v) is 11.9. The van der Waals surface area contributed by atoms with Crippen LogP contribution in [0.4, 0.5) is 5.82 Å². The van der Waals surface area contributed by atoms with Gasteiger partial charge in [0.1, 0.15) is 11.7 Å². The molecule has 3 aromatic rings. The van der Waals surface area contributed by atoms with Crippen molar-refractivity contribution in [2.24, 2.45) is 16.6 Å². The minimum Gasteiger partial charge on any atom is -0.383 e. The summed E-state index contributed by atoms with van der Waals surface area (Å²) in [6.07, 6.45) is 4.25. The number of hydrogen-bond acceptors (Lipinski definition) is 4. The van der Waals surface area contributed by atoms with Gasteiger partial charge in [-0.2, -0.15) is 0 Å². The molecule has 6 nitrogen and oxygen atoms in total. The van der Waals surface area contributed by atoms with Crippen molar-refractivity contribution in [3.8, 4) is 11.1 Å². The van der Waals surface area contributed by atoms with Crippen LogP contribution in [0.3, 0.4) is 0 Å². The van der Waals surface area contributed by atoms with E-state index in [4.69, 9.17) is 5.73 Å². The zero-order valence-corrected chi connectivity index (χ0v) is 20.0. The number of nitrogens with one attached hydrogen (secondary N) is 1. The van der Waals surface area contributed by atoms with Crippen molar-refractivity contribution in [2.45, 2.75) is 39.8 Å². The van der Waals surface area contributed by atoms with Gasteiger partial charge in [-0.1, -0.05) is 43.3 Å². The fourth-order valence-electron chi connectivity index (χ4n) is 4.53. The van der Waals surface area contributed by atoms with Crippen LogP contribution in [0.5, 0.6) is 0 Å². The highest BCUT2D eigenvalue weighted by molar-refractivity contribution is 6.04. The molecule has 0 spiro atoms. The summed E-state index contributed by atoms with van der Waals surface area (Å²) in [7, 11) is 0. The average molecular weight is 456 g/mol. The number of nitrogens with two attached hydrogens (primary N) is 1. The maximum absolute atomic E-state index is 11.5. The number of nitrogens with zero attached hydrogens (tertiary/aromatic N) is 3. The molecular weight excluding hydrogens is 422 g/mol. The van der Waals surface area contributed by atoms with E-state index in [1.54, 1.807) is 12.3 Å². The Morgan fingerprint density at radius 3 is 2.59 bits per heavy atom. The van der Waals surface area contributed by atoms with E-state index in [0.717, 1.165) is 18.0 Å². The molecule has 3 N–H and O–H groups in total. The number of rotatable bonds is 7. The van der Waals surface area contributed by atoms with Crippen molar-refractivity contribution in [2.75, 3.05) is 18.4 Å². The molecule has 0 bridgehead atoms. The Balaban J connectivity index is 1.48. The Labute approximate surface area is 201 Å². The molecule has 176 valence electrons. The summed E-state index contributed by atoms with van der Waals surface area (Å²) in [5.41, 5.74) is 11.7. The fraction of sp³-hybridized carbons (Fsp3) is 0.321. The second-order valence-electron chi connectivity index (χ2n) is 9.17. The topological polar surface area (TPSA) is 83.6 Å². The van der Waals surface area contributed by atoms with E-state index in [0.29, 0.717) is 23.8 Å². The molecule has 1 amide bonds. The van der Waals surface area contributed by atoms with Crippen LogP contribution >= 0.6 is 0 Å². The monoisotopic (exact) mass is 455 g/mol. The Morgan fingerprint density at radius 2 is 1.85 bits per heavy atom. The highest BCUT2D eigenvalue weighted by atomic mass is 16.1. The van der Waals surface area contributed by atoms with Gasteiger partial charge in [-0.25, -0.2) is 4.98 Å². The lowest BCUT2D eigenvalue weighted by atomic mass is 9.98. The molecule has 34 heavy (non-hydrogen) atoms. The van der Waals surface area contributed by atoms with Crippen LogP contribution in [0, 0.1) is 5.92 Å². The van der Waals surface area contributed by atoms with Gasteiger partial charge in [-0.05, 0) is 71.8 Å². The second-order valence-corrected chi connectivity index (χ2v) is 9.17. The second kappa shape index (κ2) is 11.1. The van der Waals surface area contributed by atoms with Crippen molar-refractivity contribution >= 4 is 17.6 Å². The standard InChI is InChI=1S/C28H33N5O/c1-20-7-6-14-33(18-20)19-23-9-4-11-25(16-23)24-10-3-8-22(15-24)17-31-27(29)26-12-5-13-30-28(26)32-21(2)34/h3-5,8-13,15-16,20H,6-7,14,17-19H2,1-2H3,(H2,29,31)(H,30,32,34). The molecule has 0 radical (unpaired) electrons. The normalized spacial score (nSPS) is 16.9. The van der Waals surface area contributed by atoms with Gasteiger partial charge >= 0.3 is 0 Å². The number of amidine groups is 1. The third-order valence-electron chi connectivity index (χ3n) is 6.14. The highest BCUT2D eigenvalue weighted by Gasteiger charge is 2.16. The molecule has 2 heterocycles. The van der Waals surface area contributed by atoms with Crippen LogP contribution in [0.1, 0.15) is 43.4 Å². The lowest BCUT2D eigenvalue weighted by molar-refractivity contribution is -0.114. The maximum atomic E-state index is 11.5. The number of aromatic nitrogens is 1. The third-order valence-corrected chi connectivity index (χ3v) is 6.14. The number of carbonyl (C=O) groups excluding carboxylic acids is 1. The van der Waals surface area contributed by atoms with Gasteiger partial charge in [-0.3, -0.25) is 14.7 Å². The molecule has 1 fully saturated rings. The molecular formula is C28H33N5O. The lowest BCUT2D eigenvalue weighted by Gasteiger charge is -2.30. The van der Waals surface area contributed by atoms with E-state index in [1.165, 1.54) is 49.5 Å². The number of amides is 1. The zero-order chi connectivity index (χ0) is 23.9. The van der Waals surface area contributed by atoms with E-state index in [9.17, 15) is 4.79 Å². The zero-order valence-electron chi connectivity index (χ0n) is 20.0. The number of piperidine rings is 1. The molecule has 2 aromatic carbocycles. The number of carbonyl (C=O) groups is 1. The van der Waals surface area contributed by atoms with Crippen LogP contribution in [0.2, 0.25) is 0 Å². The first kappa shape index (κ1) is 23.6. The Bertz CT molecular complexity index is 1170. The molecule has 4 rings (SSSR count). The van der Waals surface area contributed by atoms with Crippen molar-refractivity contribution in [1.82, 2.24) is 9.88 Å². The van der Waals surface area contributed by atoms with Crippen molar-refractivity contribution in [3.05, 3.63) is 83.6 Å². The number of benzene rings is 2. The van der Waals surface area contributed by atoms with Crippen LogP contribution in [0.25, 0.3) is 11.1 Å². The number of likely N-dealkylation sites (tertiary alicyclic amines) is 1. The van der Waals surface area contributed by atoms with Gasteiger partial charge in [0.25, 0.3) is 0 Å². The van der Waals surface area contributed by atoms with Crippen LogP contribution in [0.15, 0.2) is 71.9 Å². The Morgan fingerprint density at radius 1 is 1.12 bits per heavy atom. The number of hydrogen-bond donors (Lipinski definition) is 2. The van der Waals surface area contributed by atoms with Crippen molar-refractivity contribution in [3.63, 3.8) is 0 Å². The Hall–Kier alpha value is -3.51. The maximum Gasteiger partial charge on any atom is 0.222 e. The minimum atomic E-state index is -0.197. The summed E-state index contributed by atoms with van der Waals surface area (Å²) in [5.74, 6) is 1.35. The van der Waals surface area contributed by atoms with Gasteiger partial charge in [0, 0.05) is 26.2 Å². The molecule has 1 aliphatic heterocycles. The number of aliphatic imine (C=N–C) groups is 1. The van der Waals surface area contributed by atoms with E-state index in [-0.39, 0.29) is 5.91 Å². The minimum absolute atomic E-state index is 0.197. The number of pyridine rings is 1. The van der Waals surface area contributed by atoms with Crippen LogP contribution in [-0.2, 0) is 17.9 Å². The summed E-state index contributed by atoms with van der Waals surface area (Å²) in [6, 6.07) is 20.8. The van der Waals surface area contributed by atoms with Gasteiger partial charge in [0.2, 0.25) is 5.91 Å². The molecule has 1 unspecified atom stereocenters. The van der Waals surface area contributed by atoms with Gasteiger partial charge < -0.3 is 11.1 Å². The molecule has 6 heteroatoms. The predicted molar refractivity (Wildman–Crippen MR) is 139 cm³/mol. The third kappa shape index (κ3) is 6.29. The molecule has 1 atom stereocenters. The first-order chi connectivity index (χ1) is 16.5. The van der Waals surface area contributed by atoms with E-state index < -0.39 is 0 Å². The molecule has 1 aliphatic rings. The molecule has 1 aromatic heterocycles. The molecule has 1 saturated heterocycles. The summed E-state index contributed by atoms with van der Waals surface area (Å²) in [6.45, 7) is 7.60. The SMILES string of the molecule is CC(=O)Nc1ncccc1C(N)=NCc1cccc(-c2cccc(CN3CCCC(C)C3)c2)c1. The first-order valence-electron chi connectivity index (χ1n) is 11.9. The largest absolute Gasteiger partial charge is 0.383 e. The smallest absolute Gasteiger partial charge is 0.222 e. The molecule has 0 aliphatic carbocycles. The summed E-state index contributed by atoms with van der Waals surface area (Å²) in [4.78, 5) is 22.8. The van der Waals surface area contributed by atoms with E-state index in [1.807, 2.05) is 6.07 Å². The highest BCUT2D eigenvalue weighted by Crippen LogP contribution is 2.24. The summed E-state index contributed by atoms with van der Waals surface area (Å²) in [5, 5.41) is 2.71. The van der Waals surface area contributed by atoms with Crippen LogP contribution in [-0.4, -0.2) is 34.7 Å². The molecule has 0 saturated carbocycles.